The minimum atomic E-state index is 0.00769. The van der Waals surface area contributed by atoms with E-state index in [-0.39, 0.29) is 11.8 Å². The first-order valence-electron chi connectivity index (χ1n) is 5.47. The molecule has 1 aromatic carbocycles. The smallest absolute Gasteiger partial charge is 0.124 e. The van der Waals surface area contributed by atoms with Crippen molar-refractivity contribution < 1.29 is 9.84 Å². The molecule has 4 nitrogen and oxygen atoms in total. The van der Waals surface area contributed by atoms with Crippen molar-refractivity contribution in [3.63, 3.8) is 0 Å². The molecule has 0 amide bonds. The number of ether oxygens (including phenoxy) is 1. The van der Waals surface area contributed by atoms with Gasteiger partial charge in [0.25, 0.3) is 0 Å². The maximum Gasteiger partial charge on any atom is 0.124 e. The van der Waals surface area contributed by atoms with Crippen LogP contribution in [0.2, 0.25) is 0 Å². The van der Waals surface area contributed by atoms with Crippen molar-refractivity contribution >= 4 is 0 Å². The Morgan fingerprint density at radius 2 is 2.00 bits per heavy atom. The third kappa shape index (κ3) is 2.53. The van der Waals surface area contributed by atoms with Crippen LogP contribution in [0.4, 0.5) is 0 Å². The summed E-state index contributed by atoms with van der Waals surface area (Å²) in [6.07, 6.45) is 3.83. The lowest BCUT2D eigenvalue weighted by Crippen LogP contribution is -2.16. The quantitative estimate of drug-likeness (QED) is 0.851. The zero-order valence-electron chi connectivity index (χ0n) is 9.92. The number of phenolic OH excluding ortho intramolecular Hbond substituents is 1. The van der Waals surface area contributed by atoms with Crippen molar-refractivity contribution in [2.45, 2.75) is 13.0 Å². The first-order chi connectivity index (χ1) is 8.20. The Hall–Kier alpha value is -2.10. The van der Waals surface area contributed by atoms with E-state index < -0.39 is 0 Å². The van der Waals surface area contributed by atoms with Gasteiger partial charge < -0.3 is 15.3 Å². The van der Waals surface area contributed by atoms with Crippen molar-refractivity contribution in [3.8, 4) is 11.5 Å². The molecule has 0 aliphatic carbocycles. The number of phenols is 1. The molecule has 0 bridgehead atoms. The van der Waals surface area contributed by atoms with E-state index in [1.807, 2.05) is 48.3 Å². The highest BCUT2D eigenvalue weighted by molar-refractivity contribution is 5.42. The first-order valence-corrected chi connectivity index (χ1v) is 5.47. The van der Waals surface area contributed by atoms with Crippen LogP contribution < -0.4 is 10.2 Å². The molecule has 17 heavy (non-hydrogen) atoms. The van der Waals surface area contributed by atoms with Gasteiger partial charge in [0.1, 0.15) is 11.5 Å². The van der Waals surface area contributed by atoms with Gasteiger partial charge in [0, 0.05) is 24.0 Å². The van der Waals surface area contributed by atoms with Gasteiger partial charge in [0.15, 0.2) is 0 Å². The molecule has 90 valence electrons. The molecular weight excluding hydrogens is 216 g/mol. The monoisotopic (exact) mass is 232 g/mol. The Kier molecular flexibility index (Phi) is 3.23. The maximum atomic E-state index is 9.89. The van der Waals surface area contributed by atoms with Crippen molar-refractivity contribution in [1.82, 2.24) is 4.68 Å². The highest BCUT2D eigenvalue weighted by atomic mass is 16.5. The van der Waals surface area contributed by atoms with Crippen molar-refractivity contribution in [1.29, 1.82) is 0 Å². The van der Waals surface area contributed by atoms with Crippen LogP contribution >= 0.6 is 0 Å². The van der Waals surface area contributed by atoms with Gasteiger partial charge in [0.2, 0.25) is 0 Å². The topological polar surface area (TPSA) is 46.4 Å². The summed E-state index contributed by atoms with van der Waals surface area (Å²) in [5.41, 5.74) is 4.07. The SMILES string of the molecule is COc1ccc(C(C)Nn2cccc2)c(O)c1. The molecule has 0 saturated heterocycles. The van der Waals surface area contributed by atoms with Crippen LogP contribution in [0.15, 0.2) is 42.7 Å². The number of benzene rings is 1. The third-order valence-corrected chi connectivity index (χ3v) is 2.65. The molecule has 1 unspecified atom stereocenters. The molecule has 0 fully saturated rings. The lowest BCUT2D eigenvalue weighted by Gasteiger charge is -2.18. The molecule has 1 heterocycles. The summed E-state index contributed by atoms with van der Waals surface area (Å²) in [6, 6.07) is 9.19. The molecule has 0 saturated carbocycles. The predicted octanol–water partition coefficient (Wildman–Crippen LogP) is 2.51. The molecule has 1 atom stereocenters. The van der Waals surface area contributed by atoms with Gasteiger partial charge in [-0.3, -0.25) is 4.68 Å². The van der Waals surface area contributed by atoms with Crippen LogP contribution in [0.25, 0.3) is 0 Å². The van der Waals surface area contributed by atoms with Crippen LogP contribution in [0.1, 0.15) is 18.5 Å². The summed E-state index contributed by atoms with van der Waals surface area (Å²) in [4.78, 5) is 0. The van der Waals surface area contributed by atoms with E-state index in [1.54, 1.807) is 13.2 Å². The van der Waals surface area contributed by atoms with Gasteiger partial charge in [-0.25, -0.2) is 0 Å². The summed E-state index contributed by atoms with van der Waals surface area (Å²) in [5, 5.41) is 9.89. The molecule has 0 aliphatic rings. The lowest BCUT2D eigenvalue weighted by molar-refractivity contribution is 0.405. The summed E-state index contributed by atoms with van der Waals surface area (Å²) in [7, 11) is 1.58. The molecule has 0 aliphatic heterocycles. The second-order valence-corrected chi connectivity index (χ2v) is 3.87. The summed E-state index contributed by atoms with van der Waals surface area (Å²) >= 11 is 0. The summed E-state index contributed by atoms with van der Waals surface area (Å²) < 4.78 is 6.91. The maximum absolute atomic E-state index is 9.89. The number of methoxy groups -OCH3 is 1. The van der Waals surface area contributed by atoms with Crippen molar-refractivity contribution in [2.24, 2.45) is 0 Å². The van der Waals surface area contributed by atoms with Gasteiger partial charge >= 0.3 is 0 Å². The van der Waals surface area contributed by atoms with E-state index in [0.717, 1.165) is 5.56 Å². The molecule has 0 radical (unpaired) electrons. The Morgan fingerprint density at radius 3 is 2.59 bits per heavy atom. The van der Waals surface area contributed by atoms with E-state index in [9.17, 15) is 5.11 Å². The Balaban J connectivity index is 2.16. The van der Waals surface area contributed by atoms with Gasteiger partial charge in [-0.1, -0.05) is 0 Å². The van der Waals surface area contributed by atoms with E-state index in [2.05, 4.69) is 5.43 Å². The average Bonchev–Trinajstić information content (AvgIpc) is 2.81. The average molecular weight is 232 g/mol. The highest BCUT2D eigenvalue weighted by Gasteiger charge is 2.10. The summed E-state index contributed by atoms with van der Waals surface area (Å²) in [5.74, 6) is 0.885. The van der Waals surface area contributed by atoms with Crippen molar-refractivity contribution in [3.05, 3.63) is 48.3 Å². The Labute approximate surface area is 100 Å². The molecule has 2 N–H and O–H groups in total. The molecule has 1 aromatic heterocycles. The fourth-order valence-electron chi connectivity index (χ4n) is 1.73. The van der Waals surface area contributed by atoms with Crippen LogP contribution in [-0.2, 0) is 0 Å². The van der Waals surface area contributed by atoms with Gasteiger partial charge in [-0.05, 0) is 31.2 Å². The summed E-state index contributed by atoms with van der Waals surface area (Å²) in [6.45, 7) is 1.99. The van der Waals surface area contributed by atoms with Crippen LogP contribution in [-0.4, -0.2) is 16.9 Å². The number of rotatable bonds is 4. The predicted molar refractivity (Wildman–Crippen MR) is 66.9 cm³/mol. The number of hydrogen-bond donors (Lipinski definition) is 2. The van der Waals surface area contributed by atoms with Gasteiger partial charge in [0.05, 0.1) is 13.2 Å². The van der Waals surface area contributed by atoms with E-state index in [1.165, 1.54) is 0 Å². The van der Waals surface area contributed by atoms with Crippen LogP contribution in [0.3, 0.4) is 0 Å². The van der Waals surface area contributed by atoms with E-state index >= 15 is 0 Å². The molecule has 0 spiro atoms. The fourth-order valence-corrected chi connectivity index (χ4v) is 1.73. The second-order valence-electron chi connectivity index (χ2n) is 3.87. The first kappa shape index (κ1) is 11.4. The van der Waals surface area contributed by atoms with Gasteiger partial charge in [-0.2, -0.15) is 0 Å². The molecule has 2 rings (SSSR count). The molecule has 4 heteroatoms. The van der Waals surface area contributed by atoms with E-state index in [4.69, 9.17) is 4.74 Å². The van der Waals surface area contributed by atoms with Gasteiger partial charge in [-0.15, -0.1) is 0 Å². The standard InChI is InChI=1S/C13H16N2O2/c1-10(14-15-7-3-4-8-15)12-6-5-11(17-2)9-13(12)16/h3-10,14,16H,1-2H3. The number of aromatic nitrogens is 1. The molecular formula is C13H16N2O2. The van der Waals surface area contributed by atoms with Crippen molar-refractivity contribution in [2.75, 3.05) is 12.5 Å². The largest absolute Gasteiger partial charge is 0.507 e. The minimum absolute atomic E-state index is 0.00769. The lowest BCUT2D eigenvalue weighted by atomic mass is 10.1. The normalized spacial score (nSPS) is 12.1. The number of nitrogens with zero attached hydrogens (tertiary/aromatic N) is 1. The minimum Gasteiger partial charge on any atom is -0.507 e. The number of hydrogen-bond acceptors (Lipinski definition) is 3. The van der Waals surface area contributed by atoms with Crippen LogP contribution in [0, 0.1) is 0 Å². The molecule has 2 aromatic rings. The zero-order valence-corrected chi connectivity index (χ0v) is 9.92. The number of nitrogens with one attached hydrogen (secondary N) is 1. The zero-order chi connectivity index (χ0) is 12.3. The Bertz CT molecular complexity index is 480. The fraction of sp³-hybridized carbons (Fsp3) is 0.231. The van der Waals surface area contributed by atoms with E-state index in [0.29, 0.717) is 5.75 Å². The second kappa shape index (κ2) is 4.82. The number of aromatic hydroxyl groups is 1. The van der Waals surface area contributed by atoms with Crippen LogP contribution in [0.5, 0.6) is 11.5 Å². The highest BCUT2D eigenvalue weighted by Crippen LogP contribution is 2.28. The Morgan fingerprint density at radius 1 is 1.29 bits per heavy atom. The third-order valence-electron chi connectivity index (χ3n) is 2.65.